The van der Waals surface area contributed by atoms with Gasteiger partial charge < -0.3 is 19.4 Å². The van der Waals surface area contributed by atoms with E-state index in [0.29, 0.717) is 23.4 Å². The average Bonchev–Trinajstić information content (AvgIpc) is 3.00. The van der Waals surface area contributed by atoms with Crippen molar-refractivity contribution >= 4 is 37.5 Å². The number of ether oxygens (including phenoxy) is 1. The van der Waals surface area contributed by atoms with Crippen LogP contribution >= 0.6 is 7.75 Å². The van der Waals surface area contributed by atoms with E-state index in [1.165, 1.54) is 18.5 Å². The van der Waals surface area contributed by atoms with Crippen LogP contribution in [0.3, 0.4) is 0 Å². The van der Waals surface area contributed by atoms with Gasteiger partial charge in [-0.15, -0.1) is 0 Å². The number of carbonyl (C=O) groups is 2. The lowest BCUT2D eigenvalue weighted by Gasteiger charge is -2.28. The predicted octanol–water partition coefficient (Wildman–Crippen LogP) is 0.787. The molecule has 29 heavy (non-hydrogen) atoms. The second-order valence-corrected chi connectivity index (χ2v) is 8.18. The Hall–Kier alpha value is -2.69. The van der Waals surface area contributed by atoms with Gasteiger partial charge in [-0.2, -0.15) is 5.10 Å². The Kier molecular flexibility index (Phi) is 5.78. The number of rotatable bonds is 5. The molecule has 1 saturated heterocycles. The van der Waals surface area contributed by atoms with E-state index in [9.17, 15) is 28.3 Å². The van der Waals surface area contributed by atoms with Crippen molar-refractivity contribution < 1.29 is 33.1 Å². The molecule has 2 N–H and O–H groups in total. The smallest absolute Gasteiger partial charge is 0.432 e. The van der Waals surface area contributed by atoms with Crippen LogP contribution in [-0.4, -0.2) is 77.1 Å². The zero-order chi connectivity index (χ0) is 21.3. The Morgan fingerprint density at radius 1 is 1.41 bits per heavy atom. The largest absolute Gasteiger partial charge is 0.442 e. The molecule has 0 bridgehead atoms. The second kappa shape index (κ2) is 7.97. The highest BCUT2D eigenvalue weighted by atomic mass is 31.2. The van der Waals surface area contributed by atoms with Crippen LogP contribution in [0.5, 0.6) is 0 Å². The average molecular weight is 429 g/mol. The Morgan fingerprint density at radius 2 is 2.14 bits per heavy atom. The van der Waals surface area contributed by atoms with Crippen molar-refractivity contribution in [2.75, 3.05) is 43.0 Å². The summed E-state index contributed by atoms with van der Waals surface area (Å²) in [6.45, 7) is 1.62. The SMILES string of the molecule is CC(=O)N(CC1CN(c2ccc(N3C=NN(C)CC3)c(F)c2)C(=O)O1)P(=O)(O)O. The lowest BCUT2D eigenvalue weighted by atomic mass is 10.2. The van der Waals surface area contributed by atoms with Crippen LogP contribution in [0.1, 0.15) is 6.92 Å². The number of hydrogen-bond acceptors (Lipinski definition) is 7. The zero-order valence-electron chi connectivity index (χ0n) is 15.8. The maximum Gasteiger partial charge on any atom is 0.432 e. The summed E-state index contributed by atoms with van der Waals surface area (Å²) in [7, 11) is -3.03. The molecule has 11 nitrogen and oxygen atoms in total. The number of hydrazone groups is 1. The molecule has 0 radical (unpaired) electrons. The lowest BCUT2D eigenvalue weighted by molar-refractivity contribution is -0.126. The number of nitrogens with zero attached hydrogens (tertiary/aromatic N) is 5. The fraction of sp³-hybridized carbons (Fsp3) is 0.438. The first-order valence-electron chi connectivity index (χ1n) is 8.70. The van der Waals surface area contributed by atoms with Crippen LogP contribution in [0.25, 0.3) is 0 Å². The van der Waals surface area contributed by atoms with Crippen molar-refractivity contribution in [3.63, 3.8) is 0 Å². The fourth-order valence-electron chi connectivity index (χ4n) is 3.04. The van der Waals surface area contributed by atoms with Gasteiger partial charge in [0.25, 0.3) is 0 Å². The Balaban J connectivity index is 1.73. The normalized spacial score (nSPS) is 19.6. The molecule has 1 aromatic carbocycles. The van der Waals surface area contributed by atoms with Gasteiger partial charge in [0, 0.05) is 20.5 Å². The molecule has 158 valence electrons. The highest BCUT2D eigenvalue weighted by Crippen LogP contribution is 2.40. The molecule has 2 amide bonds. The van der Waals surface area contributed by atoms with E-state index in [2.05, 4.69) is 5.10 Å². The minimum Gasteiger partial charge on any atom is -0.442 e. The Labute approximate surface area is 166 Å². The molecule has 0 aliphatic carbocycles. The van der Waals surface area contributed by atoms with E-state index in [0.717, 1.165) is 11.8 Å². The van der Waals surface area contributed by atoms with Crippen LogP contribution < -0.4 is 9.80 Å². The molecule has 2 aliphatic rings. The van der Waals surface area contributed by atoms with Crippen LogP contribution in [0.15, 0.2) is 23.3 Å². The molecule has 0 aromatic heterocycles. The van der Waals surface area contributed by atoms with E-state index < -0.39 is 38.2 Å². The fourth-order valence-corrected chi connectivity index (χ4v) is 3.80. The summed E-state index contributed by atoms with van der Waals surface area (Å²) in [4.78, 5) is 45.0. The van der Waals surface area contributed by atoms with Crippen molar-refractivity contribution in [1.29, 1.82) is 0 Å². The predicted molar refractivity (Wildman–Crippen MR) is 102 cm³/mol. The molecule has 1 fully saturated rings. The third kappa shape index (κ3) is 4.66. The van der Waals surface area contributed by atoms with Crippen molar-refractivity contribution in [1.82, 2.24) is 9.68 Å². The van der Waals surface area contributed by atoms with Crippen molar-refractivity contribution in [2.45, 2.75) is 13.0 Å². The van der Waals surface area contributed by atoms with Gasteiger partial charge in [-0.3, -0.25) is 14.7 Å². The molecule has 2 heterocycles. The van der Waals surface area contributed by atoms with Gasteiger partial charge in [0.05, 0.1) is 31.0 Å². The third-order valence-electron chi connectivity index (χ3n) is 4.53. The lowest BCUT2D eigenvalue weighted by Crippen LogP contribution is -2.36. The molecule has 1 atom stereocenters. The topological polar surface area (TPSA) is 126 Å². The second-order valence-electron chi connectivity index (χ2n) is 6.67. The minimum absolute atomic E-state index is 0.0859. The van der Waals surface area contributed by atoms with Gasteiger partial charge in [0.2, 0.25) is 5.91 Å². The number of likely N-dealkylation sites (N-methyl/N-ethyl adjacent to an activating group) is 1. The summed E-state index contributed by atoms with van der Waals surface area (Å²) in [5.74, 6) is -1.41. The minimum atomic E-state index is -4.84. The molecule has 13 heteroatoms. The quantitative estimate of drug-likeness (QED) is 0.658. The summed E-state index contributed by atoms with van der Waals surface area (Å²) in [6, 6.07) is 4.23. The highest BCUT2D eigenvalue weighted by Gasteiger charge is 2.38. The maximum absolute atomic E-state index is 14.6. The summed E-state index contributed by atoms with van der Waals surface area (Å²) in [6.07, 6.45) is -0.246. The molecule has 0 saturated carbocycles. The van der Waals surface area contributed by atoms with Gasteiger partial charge in [-0.1, -0.05) is 0 Å². The summed E-state index contributed by atoms with van der Waals surface area (Å²) < 4.78 is 31.5. The number of anilines is 2. The third-order valence-corrected chi connectivity index (χ3v) is 5.61. The molecule has 2 aliphatic heterocycles. The molecule has 1 aromatic rings. The first kappa shape index (κ1) is 21.0. The van der Waals surface area contributed by atoms with E-state index in [4.69, 9.17) is 4.74 Å². The van der Waals surface area contributed by atoms with Gasteiger partial charge >= 0.3 is 13.8 Å². The zero-order valence-corrected chi connectivity index (χ0v) is 16.7. The number of carbonyl (C=O) groups excluding carboxylic acids is 2. The van der Waals surface area contributed by atoms with E-state index >= 15 is 0 Å². The number of halogens is 1. The highest BCUT2D eigenvalue weighted by molar-refractivity contribution is 7.49. The molecular formula is C16H21FN5O6P. The van der Waals surface area contributed by atoms with Crippen LogP contribution in [0.2, 0.25) is 0 Å². The van der Waals surface area contributed by atoms with E-state index in [-0.39, 0.29) is 12.2 Å². The first-order valence-corrected chi connectivity index (χ1v) is 10.3. The molecule has 0 spiro atoms. The van der Waals surface area contributed by atoms with E-state index in [1.807, 2.05) is 7.05 Å². The summed E-state index contributed by atoms with van der Waals surface area (Å²) >= 11 is 0. The Morgan fingerprint density at radius 3 is 2.69 bits per heavy atom. The van der Waals surface area contributed by atoms with Crippen LogP contribution in [-0.2, 0) is 14.1 Å². The van der Waals surface area contributed by atoms with Gasteiger partial charge in [0.15, 0.2) is 0 Å². The van der Waals surface area contributed by atoms with Crippen LogP contribution in [0, 0.1) is 5.82 Å². The Bertz CT molecular complexity index is 893. The number of benzene rings is 1. The number of cyclic esters (lactones) is 1. The van der Waals surface area contributed by atoms with Gasteiger partial charge in [-0.05, 0) is 18.2 Å². The van der Waals surface area contributed by atoms with E-state index in [1.54, 1.807) is 16.0 Å². The number of hydrogen-bond donors (Lipinski definition) is 2. The summed E-state index contributed by atoms with van der Waals surface area (Å²) in [5, 5.41) is 5.83. The number of amides is 2. The van der Waals surface area contributed by atoms with Crippen LogP contribution in [0.4, 0.5) is 20.6 Å². The standard InChI is InChI=1S/C16H21FN5O6P/c1-11(23)22(29(25,26)27)9-13-8-21(16(24)28-13)12-3-4-15(14(17)7-12)20-6-5-19(2)18-10-20/h3-4,7,10,13H,5-6,8-9H2,1-2H3,(H2,25,26,27). The summed E-state index contributed by atoms with van der Waals surface area (Å²) in [5.41, 5.74) is 0.536. The first-order chi connectivity index (χ1) is 13.6. The molecule has 1 unspecified atom stereocenters. The monoisotopic (exact) mass is 429 g/mol. The van der Waals surface area contributed by atoms with Gasteiger partial charge in [0.1, 0.15) is 18.3 Å². The maximum atomic E-state index is 14.6. The van der Waals surface area contributed by atoms with Crippen molar-refractivity contribution in [3.8, 4) is 0 Å². The van der Waals surface area contributed by atoms with Crippen molar-refractivity contribution in [2.24, 2.45) is 5.10 Å². The molecular weight excluding hydrogens is 408 g/mol. The van der Waals surface area contributed by atoms with Gasteiger partial charge in [-0.25, -0.2) is 18.4 Å². The molecule has 3 rings (SSSR count). The van der Waals surface area contributed by atoms with Crippen molar-refractivity contribution in [3.05, 3.63) is 24.0 Å².